The first-order valence-electron chi connectivity index (χ1n) is 8.77. The van der Waals surface area contributed by atoms with Crippen LogP contribution in [0, 0.1) is 0 Å². The molecular formula is C20H24BrN3O2. The Hall–Kier alpha value is -2.21. The van der Waals surface area contributed by atoms with Crippen molar-refractivity contribution in [3.05, 3.63) is 58.6 Å². The number of ether oxygens (including phenoxy) is 1. The number of halogens is 1. The minimum Gasteiger partial charge on any atom is -0.497 e. The fourth-order valence-electron chi connectivity index (χ4n) is 3.10. The molecule has 1 fully saturated rings. The summed E-state index contributed by atoms with van der Waals surface area (Å²) >= 11 is 3.47. The van der Waals surface area contributed by atoms with Crippen molar-refractivity contribution >= 4 is 27.6 Å². The molecular weight excluding hydrogens is 394 g/mol. The van der Waals surface area contributed by atoms with Crippen molar-refractivity contribution in [1.29, 1.82) is 0 Å². The Kier molecular flexibility index (Phi) is 6.04. The first-order valence-corrected chi connectivity index (χ1v) is 9.56. The molecule has 1 N–H and O–H groups in total. The number of urea groups is 1. The van der Waals surface area contributed by atoms with Gasteiger partial charge in [0.15, 0.2) is 0 Å². The predicted octanol–water partition coefficient (Wildman–Crippen LogP) is 4.05. The number of hydrogen-bond acceptors (Lipinski definition) is 3. The first kappa shape index (κ1) is 18.6. The predicted molar refractivity (Wildman–Crippen MR) is 108 cm³/mol. The van der Waals surface area contributed by atoms with Crippen LogP contribution in [0.15, 0.2) is 53.0 Å². The molecule has 1 aliphatic heterocycles. The van der Waals surface area contributed by atoms with Gasteiger partial charge < -0.3 is 19.9 Å². The highest BCUT2D eigenvalue weighted by Crippen LogP contribution is 2.21. The summed E-state index contributed by atoms with van der Waals surface area (Å²) in [5.74, 6) is 0.855. The van der Waals surface area contributed by atoms with Crippen molar-refractivity contribution < 1.29 is 9.53 Å². The molecule has 0 aliphatic carbocycles. The number of amides is 2. The molecule has 1 heterocycles. The molecule has 0 saturated carbocycles. The van der Waals surface area contributed by atoms with Crippen molar-refractivity contribution in [2.45, 2.75) is 13.0 Å². The van der Waals surface area contributed by atoms with Crippen molar-refractivity contribution in [3.63, 3.8) is 0 Å². The lowest BCUT2D eigenvalue weighted by molar-refractivity contribution is 0.191. The maximum atomic E-state index is 12.6. The van der Waals surface area contributed by atoms with E-state index in [-0.39, 0.29) is 12.1 Å². The number of anilines is 1. The van der Waals surface area contributed by atoms with E-state index < -0.39 is 0 Å². The van der Waals surface area contributed by atoms with Crippen LogP contribution >= 0.6 is 15.9 Å². The highest BCUT2D eigenvalue weighted by atomic mass is 79.9. The van der Waals surface area contributed by atoms with E-state index in [1.54, 1.807) is 7.11 Å². The Balaban J connectivity index is 1.53. The van der Waals surface area contributed by atoms with E-state index in [0.29, 0.717) is 13.1 Å². The quantitative estimate of drug-likeness (QED) is 0.815. The molecule has 138 valence electrons. The SMILES string of the molecule is COc1ccc(N2CCN(C(=O)NC(C)c3cccc(Br)c3)CC2)cc1. The summed E-state index contributed by atoms with van der Waals surface area (Å²) in [5.41, 5.74) is 2.25. The highest BCUT2D eigenvalue weighted by molar-refractivity contribution is 9.10. The molecule has 2 aromatic carbocycles. The summed E-state index contributed by atoms with van der Waals surface area (Å²) in [7, 11) is 1.67. The number of rotatable bonds is 4. The van der Waals surface area contributed by atoms with Gasteiger partial charge in [0.2, 0.25) is 0 Å². The van der Waals surface area contributed by atoms with E-state index >= 15 is 0 Å². The summed E-state index contributed by atoms with van der Waals surface area (Å²) in [6.07, 6.45) is 0. The summed E-state index contributed by atoms with van der Waals surface area (Å²) < 4.78 is 6.22. The molecule has 1 unspecified atom stereocenters. The number of hydrogen-bond donors (Lipinski definition) is 1. The molecule has 1 saturated heterocycles. The topological polar surface area (TPSA) is 44.8 Å². The van der Waals surface area contributed by atoms with Gasteiger partial charge >= 0.3 is 6.03 Å². The van der Waals surface area contributed by atoms with Crippen LogP contribution in [0.4, 0.5) is 10.5 Å². The molecule has 5 nitrogen and oxygen atoms in total. The van der Waals surface area contributed by atoms with Gasteiger partial charge in [0.25, 0.3) is 0 Å². The monoisotopic (exact) mass is 417 g/mol. The average Bonchev–Trinajstić information content (AvgIpc) is 2.68. The first-order chi connectivity index (χ1) is 12.6. The minimum atomic E-state index is -0.0281. The van der Waals surface area contributed by atoms with Gasteiger partial charge in [-0.3, -0.25) is 0 Å². The standard InChI is InChI=1S/C20H24BrN3O2/c1-15(16-4-3-5-17(21)14-16)22-20(25)24-12-10-23(11-13-24)18-6-8-19(26-2)9-7-18/h3-9,14-15H,10-13H2,1-2H3,(H,22,25). The lowest BCUT2D eigenvalue weighted by Gasteiger charge is -2.36. The Morgan fingerprint density at radius 2 is 1.81 bits per heavy atom. The van der Waals surface area contributed by atoms with Gasteiger partial charge in [-0.1, -0.05) is 28.1 Å². The molecule has 0 bridgehead atoms. The minimum absolute atomic E-state index is 0.00754. The number of benzene rings is 2. The van der Waals surface area contributed by atoms with Crippen molar-refractivity contribution in [1.82, 2.24) is 10.2 Å². The third-order valence-electron chi connectivity index (χ3n) is 4.69. The summed E-state index contributed by atoms with van der Waals surface area (Å²) in [6.45, 7) is 5.08. The number of carbonyl (C=O) groups excluding carboxylic acids is 1. The molecule has 2 aromatic rings. The molecule has 6 heteroatoms. The maximum absolute atomic E-state index is 12.6. The third kappa shape index (κ3) is 4.49. The van der Waals surface area contributed by atoms with Crippen LogP contribution in [-0.2, 0) is 0 Å². The van der Waals surface area contributed by atoms with Crippen LogP contribution in [0.25, 0.3) is 0 Å². The van der Waals surface area contributed by atoms with Crippen molar-refractivity contribution in [3.8, 4) is 5.75 Å². The Morgan fingerprint density at radius 3 is 2.42 bits per heavy atom. The van der Waals surface area contributed by atoms with Gasteiger partial charge in [0.05, 0.1) is 13.2 Å². The summed E-state index contributed by atoms with van der Waals surface area (Å²) in [5, 5.41) is 3.09. The second kappa shape index (κ2) is 8.45. The third-order valence-corrected chi connectivity index (χ3v) is 5.19. The van der Waals surface area contributed by atoms with E-state index in [1.807, 2.05) is 48.2 Å². The lowest BCUT2D eigenvalue weighted by atomic mass is 10.1. The van der Waals surface area contributed by atoms with E-state index in [0.717, 1.165) is 34.6 Å². The van der Waals surface area contributed by atoms with Gasteiger partial charge in [-0.25, -0.2) is 4.79 Å². The number of nitrogens with one attached hydrogen (secondary N) is 1. The van der Waals surface area contributed by atoms with Gasteiger partial charge in [-0.2, -0.15) is 0 Å². The van der Waals surface area contributed by atoms with E-state index in [4.69, 9.17) is 4.74 Å². The van der Waals surface area contributed by atoms with Crippen LogP contribution in [0.3, 0.4) is 0 Å². The molecule has 26 heavy (non-hydrogen) atoms. The highest BCUT2D eigenvalue weighted by Gasteiger charge is 2.22. The number of nitrogens with zero attached hydrogens (tertiary/aromatic N) is 2. The van der Waals surface area contributed by atoms with Crippen molar-refractivity contribution in [2.24, 2.45) is 0 Å². The molecule has 3 rings (SSSR count). The molecule has 2 amide bonds. The number of carbonyl (C=O) groups is 1. The zero-order valence-electron chi connectivity index (χ0n) is 15.1. The molecule has 1 aliphatic rings. The van der Waals surface area contributed by atoms with E-state index in [9.17, 15) is 4.79 Å². The van der Waals surface area contributed by atoms with Gasteiger partial charge in [-0.15, -0.1) is 0 Å². The van der Waals surface area contributed by atoms with Gasteiger partial charge in [0, 0.05) is 36.3 Å². The number of methoxy groups -OCH3 is 1. The maximum Gasteiger partial charge on any atom is 0.317 e. The second-order valence-corrected chi connectivity index (χ2v) is 7.31. The average molecular weight is 418 g/mol. The smallest absolute Gasteiger partial charge is 0.317 e. The van der Waals surface area contributed by atoms with E-state index in [1.165, 1.54) is 0 Å². The molecule has 0 radical (unpaired) electrons. The van der Waals surface area contributed by atoms with Crippen LogP contribution < -0.4 is 15.0 Å². The van der Waals surface area contributed by atoms with Crippen LogP contribution in [-0.4, -0.2) is 44.2 Å². The summed E-state index contributed by atoms with van der Waals surface area (Å²) in [6, 6.07) is 16.0. The summed E-state index contributed by atoms with van der Waals surface area (Å²) in [4.78, 5) is 16.7. The lowest BCUT2D eigenvalue weighted by Crippen LogP contribution is -2.52. The fraction of sp³-hybridized carbons (Fsp3) is 0.350. The van der Waals surface area contributed by atoms with E-state index in [2.05, 4.69) is 38.3 Å². The second-order valence-electron chi connectivity index (χ2n) is 6.40. The molecule has 0 spiro atoms. The zero-order valence-corrected chi connectivity index (χ0v) is 16.7. The molecule has 1 atom stereocenters. The number of piperazine rings is 1. The normalized spacial score (nSPS) is 15.5. The zero-order chi connectivity index (χ0) is 18.5. The van der Waals surface area contributed by atoms with Gasteiger partial charge in [-0.05, 0) is 48.9 Å². The Labute approximate surface area is 163 Å². The Bertz CT molecular complexity index is 743. The van der Waals surface area contributed by atoms with Crippen molar-refractivity contribution in [2.75, 3.05) is 38.2 Å². The largest absolute Gasteiger partial charge is 0.497 e. The van der Waals surface area contributed by atoms with Crippen LogP contribution in [0.5, 0.6) is 5.75 Å². The van der Waals surface area contributed by atoms with Gasteiger partial charge in [0.1, 0.15) is 5.75 Å². The van der Waals surface area contributed by atoms with Crippen LogP contribution in [0.2, 0.25) is 0 Å². The van der Waals surface area contributed by atoms with Crippen LogP contribution in [0.1, 0.15) is 18.5 Å². The molecule has 0 aromatic heterocycles. The Morgan fingerprint density at radius 1 is 1.12 bits per heavy atom. The fourth-order valence-corrected chi connectivity index (χ4v) is 3.51.